The maximum Gasteiger partial charge on any atom is 0.223 e. The Morgan fingerprint density at radius 1 is 1.29 bits per heavy atom. The SMILES string of the molecule is Cc1nc(CN2CCN(C(=O)CCCNC(=O)C3CC3)CC2)cs1. The Hall–Kier alpha value is -1.47. The Bertz CT molecular complexity index is 577. The quantitative estimate of drug-likeness (QED) is 0.755. The average molecular weight is 350 g/mol. The summed E-state index contributed by atoms with van der Waals surface area (Å²) in [5, 5.41) is 6.13. The minimum Gasteiger partial charge on any atom is -0.356 e. The van der Waals surface area contributed by atoms with Gasteiger partial charge in [0.2, 0.25) is 11.8 Å². The molecule has 132 valence electrons. The number of aryl methyl sites for hydroxylation is 1. The van der Waals surface area contributed by atoms with E-state index >= 15 is 0 Å². The number of nitrogens with zero attached hydrogens (tertiary/aromatic N) is 3. The number of hydrogen-bond donors (Lipinski definition) is 1. The lowest BCUT2D eigenvalue weighted by Crippen LogP contribution is -2.48. The van der Waals surface area contributed by atoms with Crippen LogP contribution in [0.4, 0.5) is 0 Å². The summed E-state index contributed by atoms with van der Waals surface area (Å²) in [6, 6.07) is 0. The topological polar surface area (TPSA) is 65.5 Å². The monoisotopic (exact) mass is 350 g/mol. The van der Waals surface area contributed by atoms with Gasteiger partial charge in [0, 0.05) is 57.0 Å². The van der Waals surface area contributed by atoms with E-state index in [9.17, 15) is 9.59 Å². The summed E-state index contributed by atoms with van der Waals surface area (Å²) in [5.41, 5.74) is 1.13. The van der Waals surface area contributed by atoms with E-state index in [0.29, 0.717) is 13.0 Å². The van der Waals surface area contributed by atoms with E-state index in [1.54, 1.807) is 11.3 Å². The van der Waals surface area contributed by atoms with Gasteiger partial charge < -0.3 is 10.2 Å². The first-order valence-electron chi connectivity index (χ1n) is 8.80. The Labute approximate surface area is 147 Å². The zero-order valence-electron chi connectivity index (χ0n) is 14.3. The molecule has 3 rings (SSSR count). The maximum absolute atomic E-state index is 12.2. The van der Waals surface area contributed by atoms with E-state index < -0.39 is 0 Å². The highest BCUT2D eigenvalue weighted by Gasteiger charge is 2.29. The zero-order valence-corrected chi connectivity index (χ0v) is 15.1. The van der Waals surface area contributed by atoms with Crippen molar-refractivity contribution in [3.8, 4) is 0 Å². The molecule has 1 aliphatic carbocycles. The number of thiazole rings is 1. The van der Waals surface area contributed by atoms with Crippen LogP contribution in [0, 0.1) is 12.8 Å². The van der Waals surface area contributed by atoms with E-state index in [2.05, 4.69) is 20.6 Å². The van der Waals surface area contributed by atoms with Gasteiger partial charge in [0.1, 0.15) is 0 Å². The van der Waals surface area contributed by atoms with Crippen molar-refractivity contribution in [2.75, 3.05) is 32.7 Å². The molecule has 0 aromatic carbocycles. The first-order chi connectivity index (χ1) is 11.6. The van der Waals surface area contributed by atoms with Crippen molar-refractivity contribution in [2.24, 2.45) is 5.92 Å². The second kappa shape index (κ2) is 8.07. The molecule has 0 unspecified atom stereocenters. The average Bonchev–Trinajstić information content (AvgIpc) is 3.35. The van der Waals surface area contributed by atoms with Gasteiger partial charge in [-0.25, -0.2) is 4.98 Å². The van der Waals surface area contributed by atoms with Gasteiger partial charge in [-0.05, 0) is 26.2 Å². The number of carbonyl (C=O) groups is 2. The summed E-state index contributed by atoms with van der Waals surface area (Å²) in [4.78, 5) is 32.6. The highest BCUT2D eigenvalue weighted by Crippen LogP contribution is 2.28. The minimum atomic E-state index is 0.160. The summed E-state index contributed by atoms with van der Waals surface area (Å²) in [6.07, 6.45) is 3.30. The van der Waals surface area contributed by atoms with Crippen molar-refractivity contribution < 1.29 is 9.59 Å². The standard InChI is InChI=1S/C17H26N4O2S/c1-13-19-15(12-24-13)11-20-7-9-21(10-8-20)16(22)3-2-6-18-17(23)14-4-5-14/h12,14H,2-11H2,1H3,(H,18,23). The molecular formula is C17H26N4O2S. The number of amides is 2. The smallest absolute Gasteiger partial charge is 0.223 e. The highest BCUT2D eigenvalue weighted by atomic mass is 32.1. The van der Waals surface area contributed by atoms with Crippen molar-refractivity contribution in [1.82, 2.24) is 20.1 Å². The normalized spacial score (nSPS) is 18.6. The van der Waals surface area contributed by atoms with Gasteiger partial charge in [-0.15, -0.1) is 11.3 Å². The minimum absolute atomic E-state index is 0.160. The third-order valence-corrected chi connectivity index (χ3v) is 5.41. The van der Waals surface area contributed by atoms with Gasteiger partial charge in [0.15, 0.2) is 0 Å². The molecule has 7 heteroatoms. The molecule has 2 amide bonds. The molecular weight excluding hydrogens is 324 g/mol. The molecule has 1 N–H and O–H groups in total. The van der Waals surface area contributed by atoms with Crippen molar-refractivity contribution >= 4 is 23.2 Å². The summed E-state index contributed by atoms with van der Waals surface area (Å²) < 4.78 is 0. The third kappa shape index (κ3) is 5.01. The van der Waals surface area contributed by atoms with Crippen LogP contribution in [0.1, 0.15) is 36.4 Å². The Kier molecular flexibility index (Phi) is 5.84. The number of piperazine rings is 1. The fraction of sp³-hybridized carbons (Fsp3) is 0.706. The Morgan fingerprint density at radius 2 is 2.04 bits per heavy atom. The predicted molar refractivity (Wildman–Crippen MR) is 93.7 cm³/mol. The number of hydrogen-bond acceptors (Lipinski definition) is 5. The van der Waals surface area contributed by atoms with Crippen LogP contribution in [-0.2, 0) is 16.1 Å². The molecule has 1 aromatic heterocycles. The number of carbonyl (C=O) groups excluding carboxylic acids is 2. The summed E-state index contributed by atoms with van der Waals surface area (Å²) in [5.74, 6) is 0.614. The second-order valence-electron chi connectivity index (χ2n) is 6.68. The molecule has 0 spiro atoms. The molecule has 0 radical (unpaired) electrons. The lowest BCUT2D eigenvalue weighted by Gasteiger charge is -2.34. The molecule has 1 aliphatic heterocycles. The summed E-state index contributed by atoms with van der Waals surface area (Å²) in [6.45, 7) is 6.90. The number of rotatable bonds is 7. The second-order valence-corrected chi connectivity index (χ2v) is 7.75. The molecule has 2 aliphatic rings. The fourth-order valence-corrected chi connectivity index (χ4v) is 3.57. The van der Waals surface area contributed by atoms with Crippen LogP contribution < -0.4 is 5.32 Å². The van der Waals surface area contributed by atoms with Crippen LogP contribution in [0.3, 0.4) is 0 Å². The zero-order chi connectivity index (χ0) is 16.9. The molecule has 2 fully saturated rings. The molecule has 2 heterocycles. The number of aromatic nitrogens is 1. The van der Waals surface area contributed by atoms with E-state index in [4.69, 9.17) is 0 Å². The van der Waals surface area contributed by atoms with Crippen molar-refractivity contribution in [2.45, 2.75) is 39.2 Å². The van der Waals surface area contributed by atoms with Crippen molar-refractivity contribution in [3.63, 3.8) is 0 Å². The first-order valence-corrected chi connectivity index (χ1v) is 9.68. The van der Waals surface area contributed by atoms with Crippen molar-refractivity contribution in [1.29, 1.82) is 0 Å². The van der Waals surface area contributed by atoms with E-state index in [1.165, 1.54) is 0 Å². The van der Waals surface area contributed by atoms with Gasteiger partial charge in [-0.1, -0.05) is 0 Å². The predicted octanol–water partition coefficient (Wildman–Crippen LogP) is 1.40. The van der Waals surface area contributed by atoms with E-state index in [0.717, 1.165) is 62.7 Å². The van der Waals surface area contributed by atoms with Gasteiger partial charge in [0.05, 0.1) is 10.7 Å². The van der Waals surface area contributed by atoms with Gasteiger partial charge in [0.25, 0.3) is 0 Å². The van der Waals surface area contributed by atoms with Crippen LogP contribution in [-0.4, -0.2) is 59.3 Å². The lowest BCUT2D eigenvalue weighted by atomic mass is 10.2. The molecule has 1 saturated carbocycles. The first kappa shape index (κ1) is 17.4. The fourth-order valence-electron chi connectivity index (χ4n) is 2.96. The summed E-state index contributed by atoms with van der Waals surface area (Å²) >= 11 is 1.68. The van der Waals surface area contributed by atoms with Gasteiger partial charge in [-0.2, -0.15) is 0 Å². The van der Waals surface area contributed by atoms with E-state index in [-0.39, 0.29) is 17.7 Å². The Balaban J connectivity index is 1.30. The lowest BCUT2D eigenvalue weighted by molar-refractivity contribution is -0.133. The molecule has 0 bridgehead atoms. The maximum atomic E-state index is 12.2. The highest BCUT2D eigenvalue weighted by molar-refractivity contribution is 7.09. The van der Waals surface area contributed by atoms with Gasteiger partial charge in [-0.3, -0.25) is 14.5 Å². The molecule has 0 atom stereocenters. The van der Waals surface area contributed by atoms with Crippen LogP contribution in [0.2, 0.25) is 0 Å². The van der Waals surface area contributed by atoms with Gasteiger partial charge >= 0.3 is 0 Å². The third-order valence-electron chi connectivity index (χ3n) is 4.59. The van der Waals surface area contributed by atoms with Crippen LogP contribution >= 0.6 is 11.3 Å². The van der Waals surface area contributed by atoms with Crippen LogP contribution in [0.25, 0.3) is 0 Å². The summed E-state index contributed by atoms with van der Waals surface area (Å²) in [7, 11) is 0. The molecule has 24 heavy (non-hydrogen) atoms. The number of nitrogens with one attached hydrogen (secondary N) is 1. The van der Waals surface area contributed by atoms with Crippen LogP contribution in [0.5, 0.6) is 0 Å². The Morgan fingerprint density at radius 3 is 2.67 bits per heavy atom. The largest absolute Gasteiger partial charge is 0.356 e. The van der Waals surface area contributed by atoms with E-state index in [1.807, 2.05) is 11.8 Å². The molecule has 1 aromatic rings. The van der Waals surface area contributed by atoms with Crippen LogP contribution in [0.15, 0.2) is 5.38 Å². The molecule has 1 saturated heterocycles. The molecule has 6 nitrogen and oxygen atoms in total. The van der Waals surface area contributed by atoms with Crippen molar-refractivity contribution in [3.05, 3.63) is 16.1 Å².